The number of nitrogens with zero attached hydrogens (tertiary/aromatic N) is 3. The van der Waals surface area contributed by atoms with Crippen LogP contribution >= 0.6 is 11.6 Å². The first kappa shape index (κ1) is 28.8. The Hall–Kier alpha value is -3.68. The molecule has 0 unspecified atom stereocenters. The van der Waals surface area contributed by atoms with Gasteiger partial charge in [-0.15, -0.1) is 0 Å². The topological polar surface area (TPSA) is 58.0 Å². The summed E-state index contributed by atoms with van der Waals surface area (Å²) in [6.45, 7) is 8.77. The lowest BCUT2D eigenvalue weighted by molar-refractivity contribution is 0.170. The van der Waals surface area contributed by atoms with Crippen molar-refractivity contribution in [2.45, 2.75) is 52.9 Å². The molecule has 4 aromatic rings. The van der Waals surface area contributed by atoms with E-state index in [1.54, 1.807) is 7.11 Å². The largest absolute Gasteiger partial charge is 0.496 e. The number of hydrogen-bond acceptors (Lipinski definition) is 6. The molecule has 0 amide bonds. The monoisotopic (exact) mass is 575 g/mol. The molecular weight excluding hydrogens is 538 g/mol. The standard InChI is InChI=1S/C33H38ClN3O4/c1-4-6-16-37-28(32(34)35-33(37)27-12-7-8-13-29(27)38-3)23-36(21-24-10-9-11-26(19-24)39-5-2)22-25-14-15-30-31(20-25)41-18-17-40-30/h7-15,19-20H,4-6,16-18,21-23H2,1-3H3. The maximum Gasteiger partial charge on any atom is 0.161 e. The van der Waals surface area contributed by atoms with Gasteiger partial charge in [-0.25, -0.2) is 4.98 Å². The molecule has 0 radical (unpaired) electrons. The van der Waals surface area contributed by atoms with Crippen molar-refractivity contribution in [3.05, 3.63) is 88.7 Å². The number of benzene rings is 3. The van der Waals surface area contributed by atoms with Gasteiger partial charge in [-0.05, 0) is 60.9 Å². The fourth-order valence-electron chi connectivity index (χ4n) is 5.18. The van der Waals surface area contributed by atoms with Crippen LogP contribution < -0.4 is 18.9 Å². The highest BCUT2D eigenvalue weighted by molar-refractivity contribution is 6.30. The van der Waals surface area contributed by atoms with Crippen LogP contribution in [-0.4, -0.2) is 41.4 Å². The second-order valence-electron chi connectivity index (χ2n) is 10.1. The van der Waals surface area contributed by atoms with Gasteiger partial charge in [0, 0.05) is 26.2 Å². The first-order valence-electron chi connectivity index (χ1n) is 14.3. The molecule has 1 aliphatic rings. The van der Waals surface area contributed by atoms with Crippen LogP contribution in [0.3, 0.4) is 0 Å². The summed E-state index contributed by atoms with van der Waals surface area (Å²) >= 11 is 6.93. The van der Waals surface area contributed by atoms with Gasteiger partial charge in [0.15, 0.2) is 16.7 Å². The van der Waals surface area contributed by atoms with Crippen molar-refractivity contribution in [2.24, 2.45) is 0 Å². The fourth-order valence-corrected chi connectivity index (χ4v) is 5.42. The molecule has 2 heterocycles. The molecule has 0 N–H and O–H groups in total. The molecule has 1 aromatic heterocycles. The number of hydrogen-bond donors (Lipinski definition) is 0. The number of aromatic nitrogens is 2. The van der Waals surface area contributed by atoms with E-state index in [-0.39, 0.29) is 0 Å². The zero-order valence-electron chi connectivity index (χ0n) is 24.1. The van der Waals surface area contributed by atoms with Crippen molar-refractivity contribution >= 4 is 11.6 Å². The zero-order chi connectivity index (χ0) is 28.6. The van der Waals surface area contributed by atoms with Crippen molar-refractivity contribution < 1.29 is 18.9 Å². The molecule has 0 atom stereocenters. The molecule has 0 aliphatic carbocycles. The van der Waals surface area contributed by atoms with Crippen LogP contribution in [0.2, 0.25) is 5.15 Å². The third-order valence-corrected chi connectivity index (χ3v) is 7.41. The Bertz CT molecular complexity index is 1450. The molecule has 0 fully saturated rings. The minimum atomic E-state index is 0.511. The van der Waals surface area contributed by atoms with Gasteiger partial charge >= 0.3 is 0 Å². The van der Waals surface area contributed by atoms with E-state index in [0.29, 0.717) is 44.6 Å². The molecule has 0 bridgehead atoms. The van der Waals surface area contributed by atoms with E-state index in [4.69, 9.17) is 35.5 Å². The number of para-hydroxylation sites is 1. The average molecular weight is 576 g/mol. The SMILES string of the molecule is CCCCn1c(-c2ccccc2OC)nc(Cl)c1CN(Cc1cccc(OCC)c1)Cc1ccc2c(c1)OCCO2. The summed E-state index contributed by atoms with van der Waals surface area (Å²) in [4.78, 5) is 7.25. The van der Waals surface area contributed by atoms with E-state index in [9.17, 15) is 0 Å². The van der Waals surface area contributed by atoms with E-state index in [0.717, 1.165) is 70.6 Å². The van der Waals surface area contributed by atoms with Crippen LogP contribution in [0.15, 0.2) is 66.7 Å². The highest BCUT2D eigenvalue weighted by Gasteiger charge is 2.22. The van der Waals surface area contributed by atoms with E-state index >= 15 is 0 Å². The molecule has 0 saturated carbocycles. The molecule has 1 aliphatic heterocycles. The van der Waals surface area contributed by atoms with Gasteiger partial charge in [-0.2, -0.15) is 0 Å². The molecule has 5 rings (SSSR count). The van der Waals surface area contributed by atoms with Gasteiger partial charge < -0.3 is 23.5 Å². The molecule has 216 valence electrons. The lowest BCUT2D eigenvalue weighted by Gasteiger charge is -2.25. The third kappa shape index (κ3) is 6.97. The Morgan fingerprint density at radius 2 is 1.68 bits per heavy atom. The highest BCUT2D eigenvalue weighted by Crippen LogP contribution is 2.35. The van der Waals surface area contributed by atoms with Crippen LogP contribution in [0.1, 0.15) is 43.5 Å². The highest BCUT2D eigenvalue weighted by atomic mass is 35.5. The second-order valence-corrected chi connectivity index (χ2v) is 10.4. The lowest BCUT2D eigenvalue weighted by atomic mass is 10.1. The Morgan fingerprint density at radius 1 is 0.902 bits per heavy atom. The Kier molecular flexibility index (Phi) is 9.70. The molecule has 0 saturated heterocycles. The number of imidazole rings is 1. The van der Waals surface area contributed by atoms with Crippen LogP contribution in [0, 0.1) is 0 Å². The third-order valence-electron chi connectivity index (χ3n) is 7.11. The van der Waals surface area contributed by atoms with Crippen molar-refractivity contribution in [3.63, 3.8) is 0 Å². The summed E-state index contributed by atoms with van der Waals surface area (Å²) in [5, 5.41) is 0.511. The quantitative estimate of drug-likeness (QED) is 0.166. The maximum absolute atomic E-state index is 6.93. The first-order chi connectivity index (χ1) is 20.1. The predicted octanol–water partition coefficient (Wildman–Crippen LogP) is 7.38. The number of fused-ring (bicyclic) bond motifs is 1. The van der Waals surface area contributed by atoms with Crippen LogP contribution in [0.25, 0.3) is 11.4 Å². The molecule has 8 heteroatoms. The maximum atomic E-state index is 6.93. The van der Waals surface area contributed by atoms with Gasteiger partial charge in [-0.1, -0.05) is 55.3 Å². The van der Waals surface area contributed by atoms with Gasteiger partial charge in [0.1, 0.15) is 30.5 Å². The van der Waals surface area contributed by atoms with Crippen molar-refractivity contribution in [2.75, 3.05) is 26.9 Å². The molecular formula is C33H38ClN3O4. The summed E-state index contributed by atoms with van der Waals surface area (Å²) in [7, 11) is 1.69. The number of ether oxygens (including phenoxy) is 4. The van der Waals surface area contributed by atoms with Crippen molar-refractivity contribution in [3.8, 4) is 34.4 Å². The Labute approximate surface area is 247 Å². The average Bonchev–Trinajstić information content (AvgIpc) is 3.30. The van der Waals surface area contributed by atoms with Crippen molar-refractivity contribution in [1.82, 2.24) is 14.5 Å². The van der Waals surface area contributed by atoms with Gasteiger partial charge in [-0.3, -0.25) is 4.90 Å². The first-order valence-corrected chi connectivity index (χ1v) is 14.7. The Balaban J connectivity index is 1.51. The Morgan fingerprint density at radius 3 is 2.46 bits per heavy atom. The number of rotatable bonds is 13. The summed E-state index contributed by atoms with van der Waals surface area (Å²) in [6, 6.07) is 22.4. The smallest absolute Gasteiger partial charge is 0.161 e. The van der Waals surface area contributed by atoms with Crippen molar-refractivity contribution in [1.29, 1.82) is 0 Å². The predicted molar refractivity (Wildman–Crippen MR) is 162 cm³/mol. The minimum absolute atomic E-state index is 0.511. The fraction of sp³-hybridized carbons (Fsp3) is 0.364. The molecule has 7 nitrogen and oxygen atoms in total. The van der Waals surface area contributed by atoms with E-state index < -0.39 is 0 Å². The lowest BCUT2D eigenvalue weighted by Crippen LogP contribution is -2.25. The van der Waals surface area contributed by atoms with E-state index in [1.807, 2.05) is 49.4 Å². The number of methoxy groups -OCH3 is 1. The number of unbranched alkanes of at least 4 members (excludes halogenated alkanes) is 1. The normalized spacial score (nSPS) is 12.5. The molecule has 3 aromatic carbocycles. The summed E-state index contributed by atoms with van der Waals surface area (Å²) in [5.74, 6) is 4.05. The van der Waals surface area contributed by atoms with E-state index in [1.165, 1.54) is 0 Å². The summed E-state index contributed by atoms with van der Waals surface area (Å²) in [6.07, 6.45) is 2.08. The number of halogens is 1. The molecule has 0 spiro atoms. The molecule has 41 heavy (non-hydrogen) atoms. The summed E-state index contributed by atoms with van der Waals surface area (Å²) in [5.41, 5.74) is 4.21. The second kappa shape index (κ2) is 13.8. The zero-order valence-corrected chi connectivity index (χ0v) is 24.8. The van der Waals surface area contributed by atoms with Crippen LogP contribution in [0.4, 0.5) is 0 Å². The van der Waals surface area contributed by atoms with Gasteiger partial charge in [0.2, 0.25) is 0 Å². The van der Waals surface area contributed by atoms with Gasteiger partial charge in [0.05, 0.1) is 25.0 Å². The minimum Gasteiger partial charge on any atom is -0.496 e. The van der Waals surface area contributed by atoms with Gasteiger partial charge in [0.25, 0.3) is 0 Å². The van der Waals surface area contributed by atoms with Crippen LogP contribution in [0.5, 0.6) is 23.0 Å². The summed E-state index contributed by atoms with van der Waals surface area (Å²) < 4.78 is 25.4. The van der Waals surface area contributed by atoms with E-state index in [2.05, 4.69) is 40.7 Å². The van der Waals surface area contributed by atoms with Crippen LogP contribution in [-0.2, 0) is 26.2 Å².